The lowest BCUT2D eigenvalue weighted by molar-refractivity contribution is -0.155. The Hall–Kier alpha value is -2.30. The quantitative estimate of drug-likeness (QED) is 0.0999. The number of hydrogen-bond donors (Lipinski definition) is 0. The monoisotopic (exact) mass is 663 g/mol. The first kappa shape index (κ1) is 28.2. The summed E-state index contributed by atoms with van der Waals surface area (Å²) in [7, 11) is 0. The van der Waals surface area contributed by atoms with Gasteiger partial charge >= 0.3 is 5.97 Å². The maximum atomic E-state index is 12.1. The Labute approximate surface area is 248 Å². The van der Waals surface area contributed by atoms with Crippen LogP contribution in [-0.4, -0.2) is 62.0 Å². The number of unbranched alkanes of at least 4 members (excludes halogenated alkanes) is 1. The van der Waals surface area contributed by atoms with E-state index in [1.165, 1.54) is 0 Å². The number of esters is 1. The Morgan fingerprint density at radius 1 is 1.00 bits per heavy atom. The van der Waals surface area contributed by atoms with Gasteiger partial charge in [0.1, 0.15) is 5.75 Å². The summed E-state index contributed by atoms with van der Waals surface area (Å²) in [5.74, 6) is 1.08. The van der Waals surface area contributed by atoms with Crippen LogP contribution < -0.4 is 14.4 Å². The number of carbonyl (C=O) groups excluding carboxylic acids is 1. The standard InChI is InChI=1S/C30H35ClIN3O4/c31-29-25(32)8-5-9-27(29)35-17-15-34(16-18-35)14-3-4-19-37-24-12-10-22-11-13-28(33-26(22)20-24)38-21-39-30(36)23-6-1-2-7-23/h5,8-13,20,23H,1-4,6-7,14-19,21H2. The minimum atomic E-state index is -0.168. The molecule has 39 heavy (non-hydrogen) atoms. The summed E-state index contributed by atoms with van der Waals surface area (Å²) in [4.78, 5) is 21.5. The lowest BCUT2D eigenvalue weighted by atomic mass is 10.1. The summed E-state index contributed by atoms with van der Waals surface area (Å²) in [5.41, 5.74) is 1.93. The molecule has 7 nitrogen and oxygen atoms in total. The minimum Gasteiger partial charge on any atom is -0.494 e. The summed E-state index contributed by atoms with van der Waals surface area (Å²) < 4.78 is 18.0. The molecule has 1 aliphatic carbocycles. The molecule has 0 unspecified atom stereocenters. The van der Waals surface area contributed by atoms with E-state index in [1.54, 1.807) is 6.07 Å². The number of fused-ring (bicyclic) bond motifs is 1. The molecule has 1 saturated carbocycles. The molecule has 5 rings (SSSR count). The van der Waals surface area contributed by atoms with Crippen molar-refractivity contribution in [3.63, 3.8) is 0 Å². The largest absolute Gasteiger partial charge is 0.494 e. The molecule has 0 N–H and O–H groups in total. The lowest BCUT2D eigenvalue weighted by Crippen LogP contribution is -2.46. The van der Waals surface area contributed by atoms with E-state index >= 15 is 0 Å². The van der Waals surface area contributed by atoms with Crippen molar-refractivity contribution in [1.29, 1.82) is 0 Å². The van der Waals surface area contributed by atoms with Crippen LogP contribution in [0.4, 0.5) is 5.69 Å². The van der Waals surface area contributed by atoms with E-state index in [2.05, 4.69) is 49.5 Å². The van der Waals surface area contributed by atoms with Crippen LogP contribution in [0.15, 0.2) is 48.5 Å². The van der Waals surface area contributed by atoms with E-state index in [0.29, 0.717) is 12.5 Å². The van der Waals surface area contributed by atoms with Gasteiger partial charge in [-0.1, -0.05) is 30.5 Å². The van der Waals surface area contributed by atoms with Crippen molar-refractivity contribution in [2.45, 2.75) is 38.5 Å². The van der Waals surface area contributed by atoms with Gasteiger partial charge < -0.3 is 19.1 Å². The zero-order valence-electron chi connectivity index (χ0n) is 22.1. The van der Waals surface area contributed by atoms with Crippen LogP contribution in [-0.2, 0) is 9.53 Å². The molecule has 0 spiro atoms. The highest BCUT2D eigenvalue weighted by molar-refractivity contribution is 14.1. The number of hydrogen-bond acceptors (Lipinski definition) is 7. The molecule has 3 aromatic rings. The molecule has 2 aromatic carbocycles. The molecule has 0 bridgehead atoms. The average Bonchev–Trinajstić information content (AvgIpc) is 3.50. The fourth-order valence-electron chi connectivity index (χ4n) is 5.25. The summed E-state index contributed by atoms with van der Waals surface area (Å²) in [6.45, 7) is 5.70. The van der Waals surface area contributed by atoms with Gasteiger partial charge in [-0.3, -0.25) is 9.69 Å². The number of ether oxygens (including phenoxy) is 3. The minimum absolute atomic E-state index is 0.0199. The molecule has 208 valence electrons. The van der Waals surface area contributed by atoms with Crippen molar-refractivity contribution in [2.75, 3.05) is 51.0 Å². The molecule has 2 fully saturated rings. The molecule has 0 amide bonds. The second-order valence-corrected chi connectivity index (χ2v) is 11.7. The number of benzene rings is 2. The number of rotatable bonds is 11. The Balaban J connectivity index is 1.01. The average molecular weight is 664 g/mol. The third kappa shape index (κ3) is 7.67. The van der Waals surface area contributed by atoms with E-state index < -0.39 is 0 Å². The van der Waals surface area contributed by atoms with Crippen LogP contribution >= 0.6 is 34.2 Å². The van der Waals surface area contributed by atoms with Crippen LogP contribution in [0.25, 0.3) is 10.9 Å². The number of carbonyl (C=O) groups is 1. The maximum Gasteiger partial charge on any atom is 0.311 e. The van der Waals surface area contributed by atoms with E-state index in [4.69, 9.17) is 25.8 Å². The van der Waals surface area contributed by atoms with Gasteiger partial charge in [0.25, 0.3) is 0 Å². The summed E-state index contributed by atoms with van der Waals surface area (Å²) in [6, 6.07) is 15.9. The predicted octanol–water partition coefficient (Wildman–Crippen LogP) is 6.54. The van der Waals surface area contributed by atoms with E-state index in [0.717, 1.165) is 102 Å². The zero-order chi connectivity index (χ0) is 27.0. The van der Waals surface area contributed by atoms with Gasteiger partial charge in [0, 0.05) is 47.3 Å². The van der Waals surface area contributed by atoms with Crippen LogP contribution in [0.2, 0.25) is 5.02 Å². The summed E-state index contributed by atoms with van der Waals surface area (Å²) in [6.07, 6.45) is 6.10. The van der Waals surface area contributed by atoms with Crippen molar-refractivity contribution >= 4 is 56.8 Å². The lowest BCUT2D eigenvalue weighted by Gasteiger charge is -2.36. The van der Waals surface area contributed by atoms with Gasteiger partial charge in [0.05, 0.1) is 28.8 Å². The molecular weight excluding hydrogens is 629 g/mol. The highest BCUT2D eigenvalue weighted by Gasteiger charge is 2.24. The van der Waals surface area contributed by atoms with Crippen molar-refractivity contribution in [3.05, 3.63) is 57.1 Å². The third-order valence-electron chi connectivity index (χ3n) is 7.52. The molecule has 1 aromatic heterocycles. The molecule has 1 saturated heterocycles. The first-order valence-corrected chi connectivity index (χ1v) is 15.3. The Morgan fingerprint density at radius 2 is 1.79 bits per heavy atom. The van der Waals surface area contributed by atoms with Gasteiger partial charge in [-0.2, -0.15) is 0 Å². The van der Waals surface area contributed by atoms with Gasteiger partial charge in [0.15, 0.2) is 0 Å². The first-order valence-electron chi connectivity index (χ1n) is 13.8. The molecule has 2 heterocycles. The second-order valence-electron chi connectivity index (χ2n) is 10.2. The Bertz CT molecular complexity index is 1260. The molecule has 1 aliphatic heterocycles. The molecule has 0 atom stereocenters. The highest BCUT2D eigenvalue weighted by Crippen LogP contribution is 2.31. The number of aromatic nitrogens is 1. The van der Waals surface area contributed by atoms with E-state index in [-0.39, 0.29) is 18.7 Å². The third-order valence-corrected chi connectivity index (χ3v) is 9.13. The highest BCUT2D eigenvalue weighted by atomic mass is 127. The molecule has 0 radical (unpaired) electrons. The van der Waals surface area contributed by atoms with Crippen LogP contribution in [0, 0.1) is 9.49 Å². The van der Waals surface area contributed by atoms with E-state index in [1.807, 2.05) is 30.3 Å². The van der Waals surface area contributed by atoms with Crippen molar-refractivity contribution < 1.29 is 19.0 Å². The Morgan fingerprint density at radius 3 is 2.62 bits per heavy atom. The number of piperazine rings is 1. The van der Waals surface area contributed by atoms with Gasteiger partial charge in [0.2, 0.25) is 12.7 Å². The molecular formula is C30H35ClIN3O4. The summed E-state index contributed by atoms with van der Waals surface area (Å²) in [5, 5.41) is 1.86. The van der Waals surface area contributed by atoms with E-state index in [9.17, 15) is 4.79 Å². The predicted molar refractivity (Wildman–Crippen MR) is 163 cm³/mol. The fraction of sp³-hybridized carbons (Fsp3) is 0.467. The van der Waals surface area contributed by atoms with Crippen molar-refractivity contribution in [2.24, 2.45) is 5.92 Å². The van der Waals surface area contributed by atoms with Gasteiger partial charge in [-0.25, -0.2) is 4.98 Å². The number of pyridine rings is 1. The topological polar surface area (TPSA) is 64.1 Å². The van der Waals surface area contributed by atoms with Gasteiger partial charge in [-0.15, -0.1) is 0 Å². The van der Waals surface area contributed by atoms with Crippen molar-refractivity contribution in [3.8, 4) is 11.6 Å². The maximum absolute atomic E-state index is 12.1. The van der Waals surface area contributed by atoms with Gasteiger partial charge in [-0.05, 0) is 85.2 Å². The number of nitrogens with zero attached hydrogens (tertiary/aromatic N) is 3. The fourth-order valence-corrected chi connectivity index (χ4v) is 5.98. The SMILES string of the molecule is O=C(OCOc1ccc2ccc(OCCCCN3CCN(c4cccc(I)c4Cl)CC3)cc2n1)C1CCCC1. The molecule has 2 aliphatic rings. The Kier molecular flexibility index (Phi) is 10.0. The van der Waals surface area contributed by atoms with Crippen LogP contribution in [0.1, 0.15) is 38.5 Å². The zero-order valence-corrected chi connectivity index (χ0v) is 25.0. The molecule has 9 heteroatoms. The van der Waals surface area contributed by atoms with Crippen molar-refractivity contribution in [1.82, 2.24) is 9.88 Å². The second kappa shape index (κ2) is 13.9. The normalized spacial score (nSPS) is 16.5. The number of halogens is 2. The number of anilines is 1. The van der Waals surface area contributed by atoms with Crippen LogP contribution in [0.5, 0.6) is 11.6 Å². The van der Waals surface area contributed by atoms with Crippen LogP contribution in [0.3, 0.4) is 0 Å². The summed E-state index contributed by atoms with van der Waals surface area (Å²) >= 11 is 8.81. The smallest absolute Gasteiger partial charge is 0.311 e. The first-order chi connectivity index (χ1) is 19.1.